The molecule has 1 atom stereocenters. The van der Waals surface area contributed by atoms with Gasteiger partial charge in [0.15, 0.2) is 0 Å². The zero-order valence-corrected chi connectivity index (χ0v) is 16.1. The van der Waals surface area contributed by atoms with Crippen LogP contribution in [-0.2, 0) is 14.3 Å². The van der Waals surface area contributed by atoms with Crippen molar-refractivity contribution in [1.82, 2.24) is 10.2 Å². The molecule has 0 aliphatic heterocycles. The Morgan fingerprint density at radius 1 is 1.24 bits per heavy atom. The summed E-state index contributed by atoms with van der Waals surface area (Å²) in [6.07, 6.45) is 0.611. The average Bonchev–Trinajstić information content (AvgIpc) is 3.04. The minimum Gasteiger partial charge on any atom is -0.465 e. The van der Waals surface area contributed by atoms with Gasteiger partial charge in [0, 0.05) is 5.56 Å². The fraction of sp³-hybridized carbons (Fsp3) is 0.412. The molecule has 25 heavy (non-hydrogen) atoms. The fourth-order valence-electron chi connectivity index (χ4n) is 2.02. The van der Waals surface area contributed by atoms with Crippen LogP contribution >= 0.6 is 23.1 Å². The third kappa shape index (κ3) is 5.82. The maximum absolute atomic E-state index is 12.4. The van der Waals surface area contributed by atoms with Gasteiger partial charge < -0.3 is 4.74 Å². The third-order valence-electron chi connectivity index (χ3n) is 3.32. The highest BCUT2D eigenvalue weighted by molar-refractivity contribution is 8.01. The summed E-state index contributed by atoms with van der Waals surface area (Å²) in [5, 5.41) is 11.8. The summed E-state index contributed by atoms with van der Waals surface area (Å²) in [6, 6.07) is 7.97. The molecule has 0 saturated carbocycles. The predicted molar refractivity (Wildman–Crippen MR) is 102 cm³/mol. The van der Waals surface area contributed by atoms with Crippen molar-refractivity contribution in [3.8, 4) is 10.6 Å². The highest BCUT2D eigenvalue weighted by atomic mass is 32.2. The van der Waals surface area contributed by atoms with Crippen molar-refractivity contribution in [2.75, 3.05) is 17.7 Å². The number of rotatable bonds is 8. The lowest BCUT2D eigenvalue weighted by Crippen LogP contribution is -2.26. The molecule has 8 heteroatoms. The average molecular weight is 380 g/mol. The molecule has 0 saturated heterocycles. The van der Waals surface area contributed by atoms with Crippen LogP contribution in [0.25, 0.3) is 10.6 Å². The first-order valence-corrected chi connectivity index (χ1v) is 9.88. The quantitative estimate of drug-likeness (QED) is 0.707. The topological polar surface area (TPSA) is 81.2 Å². The van der Waals surface area contributed by atoms with Gasteiger partial charge >= 0.3 is 5.97 Å². The number of nitrogens with one attached hydrogen (secondary N) is 1. The van der Waals surface area contributed by atoms with Crippen LogP contribution in [0.5, 0.6) is 0 Å². The molecule has 0 aliphatic rings. The number of anilines is 1. The molecule has 1 unspecified atom stereocenters. The van der Waals surface area contributed by atoms with Gasteiger partial charge in [-0.05, 0) is 20.3 Å². The molecule has 0 radical (unpaired) electrons. The zero-order valence-electron chi connectivity index (χ0n) is 14.4. The van der Waals surface area contributed by atoms with Gasteiger partial charge in [-0.1, -0.05) is 48.1 Å². The number of thioether (sulfide) groups is 1. The van der Waals surface area contributed by atoms with E-state index in [0.29, 0.717) is 18.2 Å². The molecule has 1 N–H and O–H groups in total. The summed E-state index contributed by atoms with van der Waals surface area (Å²) in [4.78, 5) is 23.8. The Morgan fingerprint density at radius 3 is 2.60 bits per heavy atom. The Morgan fingerprint density at radius 2 is 1.96 bits per heavy atom. The number of carbonyl (C=O) groups is 2. The third-order valence-corrected chi connectivity index (χ3v) is 5.56. The molecule has 0 aliphatic carbocycles. The van der Waals surface area contributed by atoms with Crippen molar-refractivity contribution in [3.63, 3.8) is 0 Å². The van der Waals surface area contributed by atoms with Crippen molar-refractivity contribution in [1.29, 1.82) is 0 Å². The zero-order chi connectivity index (χ0) is 18.2. The van der Waals surface area contributed by atoms with Gasteiger partial charge in [0.25, 0.3) is 0 Å². The molecule has 1 aromatic carbocycles. The van der Waals surface area contributed by atoms with Gasteiger partial charge in [0.05, 0.1) is 17.6 Å². The Kier molecular flexibility index (Phi) is 7.39. The van der Waals surface area contributed by atoms with E-state index in [4.69, 9.17) is 4.74 Å². The molecule has 1 amide bonds. The van der Waals surface area contributed by atoms with Crippen LogP contribution in [0.4, 0.5) is 5.13 Å². The minimum absolute atomic E-state index is 0.157. The lowest BCUT2D eigenvalue weighted by atomic mass is 10.2. The van der Waals surface area contributed by atoms with E-state index in [0.717, 1.165) is 10.6 Å². The second-order valence-corrected chi connectivity index (χ2v) is 7.45. The van der Waals surface area contributed by atoms with Gasteiger partial charge in [-0.2, -0.15) is 0 Å². The van der Waals surface area contributed by atoms with Crippen LogP contribution < -0.4 is 5.32 Å². The number of aryl methyl sites for hydroxylation is 1. The van der Waals surface area contributed by atoms with Crippen molar-refractivity contribution in [3.05, 3.63) is 29.8 Å². The number of hydrogen-bond donors (Lipinski definition) is 1. The van der Waals surface area contributed by atoms with Crippen LogP contribution in [0.1, 0.15) is 25.8 Å². The molecule has 0 spiro atoms. The largest absolute Gasteiger partial charge is 0.465 e. The molecule has 6 nitrogen and oxygen atoms in total. The fourth-order valence-corrected chi connectivity index (χ4v) is 3.64. The van der Waals surface area contributed by atoms with Gasteiger partial charge in [0.1, 0.15) is 5.01 Å². The second kappa shape index (κ2) is 9.53. The molecule has 0 bridgehead atoms. The highest BCUT2D eigenvalue weighted by Crippen LogP contribution is 2.27. The molecular formula is C17H21N3O3S2. The standard InChI is InChI=1S/C17H21N3O3S2/c1-4-13(24-10-14(21)23-5-2)15(22)18-17-20-19-16(25-17)12-8-6-11(3)7-9-12/h6-9,13H,4-5,10H2,1-3H3,(H,18,20,22). The number of carbonyl (C=O) groups excluding carboxylic acids is 2. The molecular weight excluding hydrogens is 358 g/mol. The molecule has 0 fully saturated rings. The van der Waals surface area contributed by atoms with E-state index in [1.807, 2.05) is 38.1 Å². The maximum Gasteiger partial charge on any atom is 0.315 e. The first kappa shape index (κ1) is 19.4. The Labute approximate surface area is 155 Å². The number of nitrogens with zero attached hydrogens (tertiary/aromatic N) is 2. The van der Waals surface area contributed by atoms with E-state index in [2.05, 4.69) is 15.5 Å². The number of hydrogen-bond acceptors (Lipinski definition) is 7. The first-order valence-electron chi connectivity index (χ1n) is 8.02. The van der Waals surface area contributed by atoms with Gasteiger partial charge in [-0.25, -0.2) is 0 Å². The normalized spacial score (nSPS) is 11.8. The smallest absolute Gasteiger partial charge is 0.315 e. The Bertz CT molecular complexity index is 716. The summed E-state index contributed by atoms with van der Waals surface area (Å²) < 4.78 is 4.88. The molecule has 2 rings (SSSR count). The number of benzene rings is 1. The van der Waals surface area contributed by atoms with Crippen LogP contribution in [0.2, 0.25) is 0 Å². The van der Waals surface area contributed by atoms with Crippen molar-refractivity contribution < 1.29 is 14.3 Å². The van der Waals surface area contributed by atoms with Crippen molar-refractivity contribution in [2.45, 2.75) is 32.4 Å². The predicted octanol–water partition coefficient (Wildman–Crippen LogP) is 3.53. The lowest BCUT2D eigenvalue weighted by Gasteiger charge is -2.12. The van der Waals surface area contributed by atoms with Gasteiger partial charge in [-0.15, -0.1) is 22.0 Å². The van der Waals surface area contributed by atoms with Crippen LogP contribution in [0.3, 0.4) is 0 Å². The highest BCUT2D eigenvalue weighted by Gasteiger charge is 2.20. The SMILES string of the molecule is CCOC(=O)CSC(CC)C(=O)Nc1nnc(-c2ccc(C)cc2)s1. The first-order chi connectivity index (χ1) is 12.0. The maximum atomic E-state index is 12.4. The Balaban J connectivity index is 1.95. The van der Waals surface area contributed by atoms with Gasteiger partial charge in [0.2, 0.25) is 11.0 Å². The number of ether oxygens (including phenoxy) is 1. The molecule has 134 valence electrons. The monoisotopic (exact) mass is 379 g/mol. The summed E-state index contributed by atoms with van der Waals surface area (Å²) in [5.41, 5.74) is 2.14. The van der Waals surface area contributed by atoms with Crippen molar-refractivity contribution >= 4 is 40.1 Å². The molecule has 1 aromatic heterocycles. The lowest BCUT2D eigenvalue weighted by molar-refractivity contribution is -0.139. The summed E-state index contributed by atoms with van der Waals surface area (Å²) in [7, 11) is 0. The van der Waals surface area contributed by atoms with E-state index in [1.54, 1.807) is 6.92 Å². The van der Waals surface area contributed by atoms with Crippen LogP contribution in [0.15, 0.2) is 24.3 Å². The Hall–Kier alpha value is -1.93. The minimum atomic E-state index is -0.337. The number of amides is 1. The summed E-state index contributed by atoms with van der Waals surface area (Å²) >= 11 is 2.60. The van der Waals surface area contributed by atoms with E-state index >= 15 is 0 Å². The van der Waals surface area contributed by atoms with Crippen molar-refractivity contribution in [2.24, 2.45) is 0 Å². The molecule has 1 heterocycles. The van der Waals surface area contributed by atoms with E-state index in [1.165, 1.54) is 28.7 Å². The molecule has 2 aromatic rings. The number of aromatic nitrogens is 2. The van der Waals surface area contributed by atoms with E-state index < -0.39 is 0 Å². The van der Waals surface area contributed by atoms with Gasteiger partial charge in [-0.3, -0.25) is 14.9 Å². The van der Waals surface area contributed by atoms with E-state index in [-0.39, 0.29) is 22.9 Å². The number of esters is 1. The second-order valence-electron chi connectivity index (χ2n) is 5.28. The summed E-state index contributed by atoms with van der Waals surface area (Å²) in [5.74, 6) is -0.329. The summed E-state index contributed by atoms with van der Waals surface area (Å²) in [6.45, 7) is 6.03. The van der Waals surface area contributed by atoms with E-state index in [9.17, 15) is 9.59 Å². The van der Waals surface area contributed by atoms with Crippen LogP contribution in [0, 0.1) is 6.92 Å². The van der Waals surface area contributed by atoms with Crippen LogP contribution in [-0.4, -0.2) is 39.7 Å².